The molecule has 0 unspecified atom stereocenters. The van der Waals surface area contributed by atoms with Crippen LogP contribution < -0.4 is 245 Å². The summed E-state index contributed by atoms with van der Waals surface area (Å²) in [5, 5.41) is 41.3. The summed E-state index contributed by atoms with van der Waals surface area (Å²) in [6.45, 7) is 19.0. The van der Waals surface area contributed by atoms with Gasteiger partial charge in [0, 0.05) is 42.4 Å². The van der Waals surface area contributed by atoms with Crippen LogP contribution in [0.15, 0.2) is 164 Å². The van der Waals surface area contributed by atoms with Crippen molar-refractivity contribution in [2.75, 3.05) is 16.4 Å². The zero-order valence-electron chi connectivity index (χ0n) is 49.3. The molecule has 2 heterocycles. The number of carboxylic acids is 1. The van der Waals surface area contributed by atoms with Gasteiger partial charge in [0.15, 0.2) is 0 Å². The number of alkyl halides is 1. The number of benzene rings is 6. The van der Waals surface area contributed by atoms with E-state index in [-0.39, 0.29) is 255 Å². The Morgan fingerprint density at radius 1 is 0.593 bits per heavy atom. The van der Waals surface area contributed by atoms with Crippen molar-refractivity contribution < 1.29 is 256 Å². The summed E-state index contributed by atoms with van der Waals surface area (Å²) in [5.74, 6) is -0.833. The van der Waals surface area contributed by atoms with Crippen molar-refractivity contribution in [3.63, 3.8) is 0 Å². The van der Waals surface area contributed by atoms with E-state index in [1.165, 1.54) is 11.1 Å². The van der Waals surface area contributed by atoms with Crippen LogP contribution in [0, 0.1) is 0 Å². The van der Waals surface area contributed by atoms with Crippen LogP contribution in [-0.4, -0.2) is 71.4 Å². The molecule has 0 atom stereocenters. The van der Waals surface area contributed by atoms with Gasteiger partial charge in [0.25, 0.3) is 12.4 Å². The van der Waals surface area contributed by atoms with Gasteiger partial charge in [-0.2, -0.15) is 0 Å². The van der Waals surface area contributed by atoms with Crippen LogP contribution in [0.2, 0.25) is 0 Å². The van der Waals surface area contributed by atoms with Crippen molar-refractivity contribution in [1.82, 2.24) is 6.15 Å². The van der Waals surface area contributed by atoms with Gasteiger partial charge >= 0.3 is 189 Å². The predicted molar refractivity (Wildman–Crippen MR) is 332 cm³/mol. The molecular formula is C59H92B3BrCs2IN4NaO15. The maximum absolute atomic E-state index is 9.00. The molecule has 0 amide bonds. The number of carboxylic acid groups (broad SMARTS) is 1. The van der Waals surface area contributed by atoms with Gasteiger partial charge in [-0.1, -0.05) is 180 Å². The number of hydrogen-bond acceptors (Lipinski definition) is 18. The SMILES string of the molecule is C.C.C.C.C.CC(=O)O.CC1(C)OB(c2ccc(CBr)cc2)OC1(C)C.CC1(C)OB(c2ccc(CNc3ccccc3)cc2)OC1(C)C.N.Nc1ccccc1.O=CO[O-].OB(O)c1ccc(CNc2ccccc2)cc1.[Cs+].[Cs+].[H-].[Na+].[O-][I+3]([O-])([O-])[O-]. The second-order valence-electron chi connectivity index (χ2n) is 18.8. The molecule has 19 nitrogen and oxygen atoms in total. The standard InChI is InChI=1S/C19H24BNO2.C13H18BBrO2.C13H14BNO2.C6H7N.C2H4O2.CH2O3.5CH4.2Cs.IO4.H3N.Na.H/c1-18(2)19(3,4)23-20(22-18)16-12-10-15(11-13-16)14-21-17-8-6-5-7-9-17;1-12(2)13(3,4)17-14(16-12)11-7-5-10(9-15)6-8-11;16-14(17)12-8-6-11(7-9-12)10-15-13-4-2-1-3-5-13;7-6-4-2-1-3-5-6;1-2(3)4;2-1-4-3;;;;;;;;2-1(3,4)5;;;/h5-13,21H,14H2,1-4H3;5-8H,9H2,1-4H3;1-9,15-17H,10H2;1-5H,7H2;1H3,(H,3,4);1,3H;5*1H4;;;;1H3;;/q;;;;;;;;;;;2*+1;-1;;+1;-1/p-1. The second kappa shape index (κ2) is 52.1. The summed E-state index contributed by atoms with van der Waals surface area (Å²) in [5.41, 5.74) is 13.5. The number of carbonyl (C=O) groups excluding carboxylic acids is 1. The Labute approximate surface area is 671 Å². The molecule has 0 aliphatic carbocycles. The molecular weight excluding hydrogens is 1530 g/mol. The Morgan fingerprint density at radius 2 is 0.837 bits per heavy atom. The molecule has 464 valence electrons. The molecule has 0 spiro atoms. The first kappa shape index (κ1) is 102. The van der Waals surface area contributed by atoms with Crippen molar-refractivity contribution in [3.8, 4) is 0 Å². The van der Waals surface area contributed by atoms with Gasteiger partial charge in [0.05, 0.1) is 22.4 Å². The minimum Gasteiger partial charge on any atom is -1.00 e. The number of nitrogens with one attached hydrogen (secondary N) is 2. The van der Waals surface area contributed by atoms with Gasteiger partial charge in [-0.3, -0.25) is 23.3 Å². The van der Waals surface area contributed by atoms with E-state index in [0.717, 1.165) is 52.3 Å². The first-order valence-electron chi connectivity index (χ1n) is 23.8. The first-order valence-corrected chi connectivity index (χ1v) is 28.5. The molecule has 0 aromatic heterocycles. The van der Waals surface area contributed by atoms with Gasteiger partial charge in [0.2, 0.25) is 0 Å². The summed E-state index contributed by atoms with van der Waals surface area (Å²) in [6, 6.07) is 53.6. The average molecular weight is 1630 g/mol. The zero-order valence-corrected chi connectivity index (χ0v) is 66.6. The summed E-state index contributed by atoms with van der Waals surface area (Å²) < 4.78 is 58.6. The van der Waals surface area contributed by atoms with Gasteiger partial charge in [-0.25, -0.2) is 0 Å². The number of carbonyl (C=O) groups is 2. The fourth-order valence-electron chi connectivity index (χ4n) is 6.30. The topological polar surface area (TPSA) is 341 Å². The largest absolute Gasteiger partial charge is 1.00 e. The molecule has 10 N–H and O–H groups in total. The minimum absolute atomic E-state index is 0. The molecule has 0 radical (unpaired) electrons. The average Bonchev–Trinajstić information content (AvgIpc) is 3.66. The van der Waals surface area contributed by atoms with Crippen LogP contribution in [0.4, 0.5) is 17.1 Å². The van der Waals surface area contributed by atoms with E-state index >= 15 is 0 Å². The number of halogens is 2. The Hall–Kier alpha value is -0.311. The van der Waals surface area contributed by atoms with Gasteiger partial charge < -0.3 is 67.9 Å². The van der Waals surface area contributed by atoms with Crippen LogP contribution in [0.25, 0.3) is 0 Å². The van der Waals surface area contributed by atoms with Crippen molar-refractivity contribution in [1.29, 1.82) is 0 Å². The molecule has 8 rings (SSSR count). The van der Waals surface area contributed by atoms with E-state index < -0.39 is 33.2 Å². The molecule has 86 heavy (non-hydrogen) atoms. The molecule has 2 aliphatic rings. The Kier molecular flexibility index (Phi) is 61.7. The quantitative estimate of drug-likeness (QED) is 0.0121. The predicted octanol–water partition coefficient (Wildman–Crippen LogP) is -6.03. The van der Waals surface area contributed by atoms with Gasteiger partial charge in [0.1, 0.15) is 20.1 Å². The monoisotopic (exact) mass is 1620 g/mol. The molecule has 6 aromatic rings. The maximum Gasteiger partial charge on any atom is 1.00 e. The van der Waals surface area contributed by atoms with Crippen molar-refractivity contribution in [2.24, 2.45) is 0 Å². The third kappa shape index (κ3) is 42.0. The van der Waals surface area contributed by atoms with Crippen LogP contribution in [-0.2, 0) is 51.5 Å². The molecule has 0 saturated carbocycles. The number of nitrogens with two attached hydrogens (primary N) is 1. The summed E-state index contributed by atoms with van der Waals surface area (Å²) >= 11 is -2.50. The van der Waals surface area contributed by atoms with E-state index in [1.807, 2.05) is 91.0 Å². The van der Waals surface area contributed by atoms with Crippen LogP contribution in [0.3, 0.4) is 0 Å². The number of nitrogen functional groups attached to an aromatic ring is 1. The fourth-order valence-corrected chi connectivity index (χ4v) is 6.67. The Bertz CT molecular complexity index is 2570. The van der Waals surface area contributed by atoms with Crippen LogP contribution in [0.5, 0.6) is 0 Å². The van der Waals surface area contributed by atoms with E-state index in [2.05, 4.69) is 148 Å². The Balaban J connectivity index is -0.000000124. The van der Waals surface area contributed by atoms with Crippen LogP contribution >= 0.6 is 15.9 Å². The number of anilines is 3. The van der Waals surface area contributed by atoms with E-state index in [9.17, 15) is 0 Å². The van der Waals surface area contributed by atoms with E-state index in [0.29, 0.717) is 12.0 Å². The molecule has 6 aromatic carbocycles. The van der Waals surface area contributed by atoms with E-state index in [1.54, 1.807) is 12.1 Å². The molecule has 2 fully saturated rings. The minimum atomic E-state index is -5.94. The normalized spacial score (nSPS) is 13.3. The number of hydrogen-bond donors (Lipinski definition) is 7. The molecule has 27 heteroatoms. The van der Waals surface area contributed by atoms with Crippen molar-refractivity contribution in [3.05, 3.63) is 180 Å². The van der Waals surface area contributed by atoms with Gasteiger partial charge in [-0.15, -0.1) is 0 Å². The van der Waals surface area contributed by atoms with Gasteiger partial charge in [-0.05, 0) is 125 Å². The number of rotatable bonds is 11. The zero-order chi connectivity index (χ0) is 57.9. The van der Waals surface area contributed by atoms with Crippen LogP contribution in [0.1, 0.15) is 118 Å². The molecule has 2 saturated heterocycles. The third-order valence-electron chi connectivity index (χ3n) is 11.8. The summed E-state index contributed by atoms with van der Waals surface area (Å²) in [6.07, 6.45) is 0. The Morgan fingerprint density at radius 3 is 1.06 bits per heavy atom. The second-order valence-corrected chi connectivity index (χ2v) is 21.6. The number of para-hydroxylation sites is 3. The first-order chi connectivity index (χ1) is 36.0. The maximum atomic E-state index is 9.00. The fraction of sp³-hybridized carbons (Fsp3) is 0.356. The molecule has 0 bridgehead atoms. The van der Waals surface area contributed by atoms with Crippen molar-refractivity contribution in [2.45, 2.75) is 140 Å². The molecule has 2 aliphatic heterocycles. The van der Waals surface area contributed by atoms with E-state index in [4.69, 9.17) is 68.1 Å². The summed E-state index contributed by atoms with van der Waals surface area (Å²) in [7, 11) is -1.95. The third-order valence-corrected chi connectivity index (χ3v) is 12.5. The number of aliphatic carboxylic acids is 1. The summed E-state index contributed by atoms with van der Waals surface area (Å²) in [4.78, 5) is 20.2. The van der Waals surface area contributed by atoms with Crippen molar-refractivity contribution >= 4 is 83.2 Å². The smallest absolute Gasteiger partial charge is 1.00 e.